The van der Waals surface area contributed by atoms with Crippen molar-refractivity contribution in [2.24, 2.45) is 7.05 Å². The Morgan fingerprint density at radius 1 is 1.11 bits per heavy atom. The molecule has 28 heavy (non-hydrogen) atoms. The van der Waals surface area contributed by atoms with Crippen LogP contribution in [0.5, 0.6) is 0 Å². The van der Waals surface area contributed by atoms with E-state index in [1.54, 1.807) is 25.6 Å². The summed E-state index contributed by atoms with van der Waals surface area (Å²) in [5.74, 6) is -1.17. The molecule has 146 valence electrons. The number of carbonyl (C=O) groups is 2. The average Bonchev–Trinajstić information content (AvgIpc) is 3.10. The van der Waals surface area contributed by atoms with E-state index in [1.165, 1.54) is 4.68 Å². The molecule has 0 fully saturated rings. The molecule has 2 aromatic heterocycles. The van der Waals surface area contributed by atoms with Crippen LogP contribution in [0.3, 0.4) is 0 Å². The fourth-order valence-corrected chi connectivity index (χ4v) is 3.15. The van der Waals surface area contributed by atoms with Gasteiger partial charge in [0, 0.05) is 7.05 Å². The molecule has 3 aromatic rings. The van der Waals surface area contributed by atoms with Gasteiger partial charge in [-0.15, -0.1) is 0 Å². The van der Waals surface area contributed by atoms with Crippen LogP contribution >= 0.6 is 11.6 Å². The first kappa shape index (κ1) is 19.6. The van der Waals surface area contributed by atoms with E-state index in [2.05, 4.69) is 15.5 Å². The molecular formula is C19H20ClN5O3. The molecule has 0 aliphatic carbocycles. The van der Waals surface area contributed by atoms with Gasteiger partial charge in [-0.3, -0.25) is 9.48 Å². The maximum absolute atomic E-state index is 12.5. The topological polar surface area (TPSA) is 91.0 Å². The van der Waals surface area contributed by atoms with Gasteiger partial charge in [0.1, 0.15) is 10.7 Å². The zero-order valence-corrected chi connectivity index (χ0v) is 16.7. The summed E-state index contributed by atoms with van der Waals surface area (Å²) >= 11 is 6.34. The Morgan fingerprint density at radius 2 is 1.79 bits per heavy atom. The monoisotopic (exact) mass is 401 g/mol. The Balaban J connectivity index is 1.70. The lowest BCUT2D eigenvalue weighted by Gasteiger charge is -2.07. The number of para-hydroxylation sites is 1. The maximum atomic E-state index is 12.5. The minimum absolute atomic E-state index is 0.132. The molecule has 0 unspecified atom stereocenters. The molecule has 0 bridgehead atoms. The first-order chi connectivity index (χ1) is 13.3. The zero-order chi connectivity index (χ0) is 20.4. The lowest BCUT2D eigenvalue weighted by Crippen LogP contribution is -2.21. The van der Waals surface area contributed by atoms with Crippen LogP contribution < -0.4 is 5.32 Å². The molecule has 2 heterocycles. The third kappa shape index (κ3) is 3.77. The van der Waals surface area contributed by atoms with Crippen LogP contribution in [0, 0.1) is 20.8 Å². The van der Waals surface area contributed by atoms with E-state index in [1.807, 2.05) is 37.3 Å². The SMILES string of the molecule is Cc1nn(C)c(C)c1NC(=O)COC(=O)c1c(C)nn(-c2ccccc2)c1Cl. The van der Waals surface area contributed by atoms with Crippen molar-refractivity contribution in [1.82, 2.24) is 19.6 Å². The number of rotatable bonds is 5. The van der Waals surface area contributed by atoms with Crippen molar-refractivity contribution in [3.05, 3.63) is 58.1 Å². The van der Waals surface area contributed by atoms with Crippen LogP contribution in [0.25, 0.3) is 5.69 Å². The van der Waals surface area contributed by atoms with E-state index < -0.39 is 18.5 Å². The standard InChI is InChI=1S/C19H20ClN5O3/c1-11-16(18(20)25(23-11)14-8-6-5-7-9-14)19(27)28-10-15(26)21-17-12(2)22-24(4)13(17)3/h5-9H,10H2,1-4H3,(H,21,26). The van der Waals surface area contributed by atoms with Crippen molar-refractivity contribution in [1.29, 1.82) is 0 Å². The third-order valence-electron chi connectivity index (χ3n) is 4.32. The lowest BCUT2D eigenvalue weighted by atomic mass is 10.2. The molecule has 0 radical (unpaired) electrons. The van der Waals surface area contributed by atoms with Gasteiger partial charge >= 0.3 is 5.97 Å². The maximum Gasteiger partial charge on any atom is 0.343 e. The van der Waals surface area contributed by atoms with Crippen LogP contribution in [0.4, 0.5) is 5.69 Å². The Bertz CT molecular complexity index is 1040. The van der Waals surface area contributed by atoms with Gasteiger partial charge in [-0.05, 0) is 32.9 Å². The summed E-state index contributed by atoms with van der Waals surface area (Å²) in [7, 11) is 1.78. The molecule has 1 N–H and O–H groups in total. The smallest absolute Gasteiger partial charge is 0.343 e. The summed E-state index contributed by atoms with van der Waals surface area (Å²) in [6.07, 6.45) is 0. The van der Waals surface area contributed by atoms with Gasteiger partial charge in [0.05, 0.1) is 28.5 Å². The van der Waals surface area contributed by atoms with Crippen molar-refractivity contribution in [3.63, 3.8) is 0 Å². The van der Waals surface area contributed by atoms with E-state index >= 15 is 0 Å². The van der Waals surface area contributed by atoms with Crippen LogP contribution in [0.2, 0.25) is 5.15 Å². The van der Waals surface area contributed by atoms with Gasteiger partial charge in [-0.25, -0.2) is 9.48 Å². The Labute approximate surface area is 167 Å². The van der Waals surface area contributed by atoms with Gasteiger partial charge < -0.3 is 10.1 Å². The van der Waals surface area contributed by atoms with Gasteiger partial charge in [0.15, 0.2) is 6.61 Å². The molecule has 9 heteroatoms. The van der Waals surface area contributed by atoms with E-state index in [9.17, 15) is 9.59 Å². The van der Waals surface area contributed by atoms with Gasteiger partial charge in [0.25, 0.3) is 5.91 Å². The molecule has 0 saturated carbocycles. The molecule has 8 nitrogen and oxygen atoms in total. The molecule has 0 aliphatic heterocycles. The van der Waals surface area contributed by atoms with E-state index in [-0.39, 0.29) is 10.7 Å². The summed E-state index contributed by atoms with van der Waals surface area (Å²) in [5.41, 5.74) is 3.36. The minimum atomic E-state index is -0.709. The number of esters is 1. The Kier molecular flexibility index (Phi) is 5.51. The number of aryl methyl sites for hydroxylation is 3. The molecule has 3 rings (SSSR count). The first-order valence-corrected chi connectivity index (χ1v) is 8.95. The number of amides is 1. The largest absolute Gasteiger partial charge is 0.452 e. The van der Waals surface area contributed by atoms with Crippen LogP contribution in [-0.4, -0.2) is 38.0 Å². The van der Waals surface area contributed by atoms with Crippen molar-refractivity contribution in [2.45, 2.75) is 20.8 Å². The highest BCUT2D eigenvalue weighted by Crippen LogP contribution is 2.24. The summed E-state index contributed by atoms with van der Waals surface area (Å²) in [6.45, 7) is 4.84. The zero-order valence-electron chi connectivity index (χ0n) is 16.0. The summed E-state index contributed by atoms with van der Waals surface area (Å²) in [5, 5.41) is 11.4. The minimum Gasteiger partial charge on any atom is -0.452 e. The molecule has 1 amide bonds. The summed E-state index contributed by atoms with van der Waals surface area (Å²) in [6, 6.07) is 9.19. The fraction of sp³-hybridized carbons (Fsp3) is 0.263. The fourth-order valence-electron chi connectivity index (χ4n) is 2.80. The van der Waals surface area contributed by atoms with E-state index in [4.69, 9.17) is 16.3 Å². The van der Waals surface area contributed by atoms with E-state index in [0.717, 1.165) is 11.4 Å². The molecule has 0 spiro atoms. The van der Waals surface area contributed by atoms with Crippen molar-refractivity contribution in [2.75, 3.05) is 11.9 Å². The Morgan fingerprint density at radius 3 is 2.39 bits per heavy atom. The summed E-state index contributed by atoms with van der Waals surface area (Å²) < 4.78 is 8.26. The van der Waals surface area contributed by atoms with E-state index in [0.29, 0.717) is 17.1 Å². The van der Waals surface area contributed by atoms with Crippen molar-refractivity contribution >= 4 is 29.2 Å². The van der Waals surface area contributed by atoms with Crippen LogP contribution in [0.1, 0.15) is 27.4 Å². The number of hydrogen-bond acceptors (Lipinski definition) is 5. The number of anilines is 1. The first-order valence-electron chi connectivity index (χ1n) is 8.57. The quantitative estimate of drug-likeness (QED) is 0.663. The number of ether oxygens (including phenoxy) is 1. The average molecular weight is 402 g/mol. The number of carbonyl (C=O) groups excluding carboxylic acids is 2. The predicted octanol–water partition coefficient (Wildman–Crippen LogP) is 2.98. The predicted molar refractivity (Wildman–Crippen MR) is 105 cm³/mol. The number of hydrogen-bond donors (Lipinski definition) is 1. The highest BCUT2D eigenvalue weighted by Gasteiger charge is 2.23. The normalized spacial score (nSPS) is 10.8. The van der Waals surface area contributed by atoms with Gasteiger partial charge in [-0.2, -0.15) is 10.2 Å². The van der Waals surface area contributed by atoms with Crippen molar-refractivity contribution < 1.29 is 14.3 Å². The lowest BCUT2D eigenvalue weighted by molar-refractivity contribution is -0.119. The number of halogens is 1. The molecule has 1 aromatic carbocycles. The molecule has 0 aliphatic rings. The highest BCUT2D eigenvalue weighted by molar-refractivity contribution is 6.33. The highest BCUT2D eigenvalue weighted by atomic mass is 35.5. The van der Waals surface area contributed by atoms with Crippen LogP contribution in [0.15, 0.2) is 30.3 Å². The van der Waals surface area contributed by atoms with Gasteiger partial charge in [0.2, 0.25) is 0 Å². The molecule has 0 atom stereocenters. The molecular weight excluding hydrogens is 382 g/mol. The second-order valence-corrected chi connectivity index (χ2v) is 6.65. The number of nitrogens with one attached hydrogen (secondary N) is 1. The third-order valence-corrected chi connectivity index (χ3v) is 4.67. The second kappa shape index (κ2) is 7.85. The Hall–Kier alpha value is -3.13. The van der Waals surface area contributed by atoms with Crippen LogP contribution in [-0.2, 0) is 16.6 Å². The summed E-state index contributed by atoms with van der Waals surface area (Å²) in [4.78, 5) is 24.6. The number of benzene rings is 1. The number of aromatic nitrogens is 4. The second-order valence-electron chi connectivity index (χ2n) is 6.29. The molecule has 0 saturated heterocycles. The number of nitrogens with zero attached hydrogens (tertiary/aromatic N) is 4. The van der Waals surface area contributed by atoms with Gasteiger partial charge in [-0.1, -0.05) is 29.8 Å². The van der Waals surface area contributed by atoms with Crippen molar-refractivity contribution in [3.8, 4) is 5.69 Å².